The van der Waals surface area contributed by atoms with Crippen LogP contribution in [0.5, 0.6) is 0 Å². The third-order valence-corrected chi connectivity index (χ3v) is 3.82. The maximum Gasteiger partial charge on any atom is 0.319 e. The van der Waals surface area contributed by atoms with E-state index in [0.717, 1.165) is 12.1 Å². The molecule has 0 unspecified atom stereocenters. The number of halogens is 2. The number of nitrogens with one attached hydrogen (secondary N) is 2. The monoisotopic (exact) mass is 328 g/mol. The molecule has 2 aromatic carbocycles. The van der Waals surface area contributed by atoms with Crippen LogP contribution in [0, 0.1) is 11.6 Å². The number of rotatable bonds is 3. The molecule has 2 amide bonds. The van der Waals surface area contributed by atoms with E-state index in [1.54, 1.807) is 37.3 Å². The predicted molar refractivity (Wildman–Crippen MR) is 84.2 cm³/mol. The summed E-state index contributed by atoms with van der Waals surface area (Å²) in [6, 6.07) is 9.97. The Kier molecular flexibility index (Phi) is 4.12. The van der Waals surface area contributed by atoms with Gasteiger partial charge in [-0.25, -0.2) is 13.6 Å². The van der Waals surface area contributed by atoms with Gasteiger partial charge in [0.1, 0.15) is 11.6 Å². The quantitative estimate of drug-likeness (QED) is 0.848. The molecule has 4 nitrogen and oxygen atoms in total. The highest BCUT2D eigenvalue weighted by Crippen LogP contribution is 2.31. The Hall–Kier alpha value is -3.02. The second-order valence-electron chi connectivity index (χ2n) is 5.43. The van der Waals surface area contributed by atoms with Crippen molar-refractivity contribution in [3.63, 3.8) is 0 Å². The number of urea groups is 1. The molecule has 0 spiro atoms. The molecule has 0 aliphatic carbocycles. The highest BCUT2D eigenvalue weighted by Gasteiger charge is 2.33. The van der Waals surface area contributed by atoms with Gasteiger partial charge < -0.3 is 10.6 Å². The lowest BCUT2D eigenvalue weighted by Gasteiger charge is -2.29. The Morgan fingerprint density at radius 1 is 1.08 bits per heavy atom. The molecule has 1 heterocycles. The van der Waals surface area contributed by atoms with Crippen molar-refractivity contribution in [2.45, 2.75) is 13.0 Å². The first kappa shape index (κ1) is 15.9. The van der Waals surface area contributed by atoms with E-state index in [0.29, 0.717) is 11.3 Å². The van der Waals surface area contributed by atoms with Crippen molar-refractivity contribution < 1.29 is 18.4 Å². The fourth-order valence-electron chi connectivity index (χ4n) is 2.71. The second kappa shape index (κ2) is 6.23. The predicted octanol–water partition coefficient (Wildman–Crippen LogP) is 3.48. The summed E-state index contributed by atoms with van der Waals surface area (Å²) in [6.07, 6.45) is 0. The van der Waals surface area contributed by atoms with Crippen molar-refractivity contribution in [1.29, 1.82) is 0 Å². The smallest absolute Gasteiger partial charge is 0.319 e. The topological polar surface area (TPSA) is 58.2 Å². The minimum absolute atomic E-state index is 0.0323. The second-order valence-corrected chi connectivity index (χ2v) is 5.43. The first-order valence-electron chi connectivity index (χ1n) is 7.30. The van der Waals surface area contributed by atoms with Crippen LogP contribution in [0.25, 0.3) is 0 Å². The van der Waals surface area contributed by atoms with Crippen LogP contribution in [0.1, 0.15) is 28.9 Å². The summed E-state index contributed by atoms with van der Waals surface area (Å²) >= 11 is 0. The summed E-state index contributed by atoms with van der Waals surface area (Å²) in [5.74, 6) is -1.89. The molecule has 0 radical (unpaired) electrons. The summed E-state index contributed by atoms with van der Waals surface area (Å²) < 4.78 is 27.4. The first-order chi connectivity index (χ1) is 11.5. The summed E-state index contributed by atoms with van der Waals surface area (Å²) in [7, 11) is 0. The van der Waals surface area contributed by atoms with Crippen LogP contribution < -0.4 is 10.6 Å². The number of benzene rings is 2. The van der Waals surface area contributed by atoms with E-state index >= 15 is 0 Å². The zero-order valence-corrected chi connectivity index (χ0v) is 12.8. The van der Waals surface area contributed by atoms with Gasteiger partial charge in [-0.15, -0.1) is 0 Å². The standard InChI is InChI=1S/C18H14F2N2O2/c1-10-15(17(23)11-5-3-2-4-6-11)16(22-18(24)21-10)13-8-7-12(19)9-14(13)20/h2-9,16H,1H3,(H2,21,22,24)/t16-/m0/s1. The largest absolute Gasteiger partial charge is 0.327 e. The van der Waals surface area contributed by atoms with Crippen molar-refractivity contribution >= 4 is 11.8 Å². The SMILES string of the molecule is CC1=C(C(=O)c2ccccc2)[C@H](c2ccc(F)cc2F)NC(=O)N1. The van der Waals surface area contributed by atoms with Gasteiger partial charge in [0.25, 0.3) is 0 Å². The highest BCUT2D eigenvalue weighted by molar-refractivity contribution is 6.11. The number of ketones is 1. The van der Waals surface area contributed by atoms with Gasteiger partial charge in [0.2, 0.25) is 0 Å². The maximum absolute atomic E-state index is 14.2. The average molecular weight is 328 g/mol. The van der Waals surface area contributed by atoms with Gasteiger partial charge in [-0.2, -0.15) is 0 Å². The van der Waals surface area contributed by atoms with Crippen molar-refractivity contribution in [3.8, 4) is 0 Å². The van der Waals surface area contributed by atoms with E-state index < -0.39 is 23.7 Å². The van der Waals surface area contributed by atoms with E-state index in [-0.39, 0.29) is 16.9 Å². The van der Waals surface area contributed by atoms with Crippen molar-refractivity contribution in [1.82, 2.24) is 10.6 Å². The Morgan fingerprint density at radius 3 is 2.46 bits per heavy atom. The van der Waals surface area contributed by atoms with Crippen molar-refractivity contribution in [2.75, 3.05) is 0 Å². The molecular formula is C18H14F2N2O2. The third kappa shape index (κ3) is 2.90. The molecule has 0 bridgehead atoms. The van der Waals surface area contributed by atoms with E-state index in [1.165, 1.54) is 6.07 Å². The minimum Gasteiger partial charge on any atom is -0.327 e. The summed E-state index contributed by atoms with van der Waals surface area (Å²) in [5, 5.41) is 5.06. The zero-order chi connectivity index (χ0) is 17.3. The number of hydrogen-bond donors (Lipinski definition) is 2. The van der Waals surface area contributed by atoms with Crippen molar-refractivity contribution in [3.05, 3.63) is 82.6 Å². The number of carbonyl (C=O) groups excluding carboxylic acids is 2. The van der Waals surface area contributed by atoms with Gasteiger partial charge >= 0.3 is 6.03 Å². The molecule has 2 N–H and O–H groups in total. The molecular weight excluding hydrogens is 314 g/mol. The number of amides is 2. The maximum atomic E-state index is 14.2. The molecule has 1 aliphatic rings. The molecule has 0 saturated carbocycles. The number of hydrogen-bond acceptors (Lipinski definition) is 2. The Morgan fingerprint density at radius 2 is 1.79 bits per heavy atom. The van der Waals surface area contributed by atoms with E-state index in [4.69, 9.17) is 0 Å². The molecule has 0 saturated heterocycles. The van der Waals surface area contributed by atoms with Gasteiger partial charge in [-0.3, -0.25) is 4.79 Å². The van der Waals surface area contributed by atoms with Crippen LogP contribution in [0.2, 0.25) is 0 Å². The van der Waals surface area contributed by atoms with Gasteiger partial charge in [0.15, 0.2) is 5.78 Å². The van der Waals surface area contributed by atoms with Crippen LogP contribution in [-0.2, 0) is 0 Å². The third-order valence-electron chi connectivity index (χ3n) is 3.82. The minimum atomic E-state index is -0.993. The molecule has 3 rings (SSSR count). The molecule has 0 fully saturated rings. The lowest BCUT2D eigenvalue weighted by molar-refractivity contribution is 0.102. The fraction of sp³-hybridized carbons (Fsp3) is 0.111. The highest BCUT2D eigenvalue weighted by atomic mass is 19.1. The molecule has 1 aliphatic heterocycles. The first-order valence-corrected chi connectivity index (χ1v) is 7.30. The molecule has 24 heavy (non-hydrogen) atoms. The van der Waals surface area contributed by atoms with Crippen LogP contribution in [-0.4, -0.2) is 11.8 Å². The van der Waals surface area contributed by atoms with E-state index in [1.807, 2.05) is 0 Å². The summed E-state index contributed by atoms with van der Waals surface area (Å²) in [6.45, 7) is 1.57. The van der Waals surface area contributed by atoms with E-state index in [9.17, 15) is 18.4 Å². The lowest BCUT2D eigenvalue weighted by atomic mass is 9.89. The van der Waals surface area contributed by atoms with Gasteiger partial charge in [-0.05, 0) is 13.0 Å². The summed E-state index contributed by atoms with van der Waals surface area (Å²) in [5.41, 5.74) is 0.995. The lowest BCUT2D eigenvalue weighted by Crippen LogP contribution is -2.45. The van der Waals surface area contributed by atoms with Crippen molar-refractivity contribution in [2.24, 2.45) is 0 Å². The molecule has 6 heteroatoms. The Bertz CT molecular complexity index is 847. The Balaban J connectivity index is 2.10. The van der Waals surface area contributed by atoms with Gasteiger partial charge in [0.05, 0.1) is 6.04 Å². The zero-order valence-electron chi connectivity index (χ0n) is 12.8. The van der Waals surface area contributed by atoms with E-state index in [2.05, 4.69) is 10.6 Å². The van der Waals surface area contributed by atoms with Crippen LogP contribution in [0.3, 0.4) is 0 Å². The Labute approximate surface area is 137 Å². The molecule has 122 valence electrons. The van der Waals surface area contributed by atoms with Crippen LogP contribution >= 0.6 is 0 Å². The average Bonchev–Trinajstić information content (AvgIpc) is 2.54. The number of Topliss-reactive ketones (excluding diaryl/α,β-unsaturated/α-hetero) is 1. The normalized spacial score (nSPS) is 17.3. The molecule has 0 aromatic heterocycles. The molecule has 1 atom stereocenters. The van der Waals surface area contributed by atoms with Crippen LogP contribution in [0.15, 0.2) is 59.8 Å². The summed E-state index contributed by atoms with van der Waals surface area (Å²) in [4.78, 5) is 24.6. The fourth-order valence-corrected chi connectivity index (χ4v) is 2.71. The number of carbonyl (C=O) groups is 2. The molecule has 2 aromatic rings. The van der Waals surface area contributed by atoms with Gasteiger partial charge in [0, 0.05) is 28.5 Å². The van der Waals surface area contributed by atoms with Crippen LogP contribution in [0.4, 0.5) is 13.6 Å². The van der Waals surface area contributed by atoms with Gasteiger partial charge in [-0.1, -0.05) is 36.4 Å². The number of allylic oxidation sites excluding steroid dienone is 1.